The number of nitrogens with one attached hydrogen (secondary N) is 1. The van der Waals surface area contributed by atoms with Crippen molar-refractivity contribution in [2.75, 3.05) is 7.05 Å². The van der Waals surface area contributed by atoms with E-state index in [1.165, 1.54) is 0 Å². The number of hydrogen-bond donors (Lipinski definition) is 1. The van der Waals surface area contributed by atoms with E-state index in [1.54, 1.807) is 6.07 Å². The maximum Gasteiger partial charge on any atom is 0.125 e. The SMILES string of the molecule is CNCc1c(Cl)cccc1OCc1ccccc1C#N. The molecule has 0 amide bonds. The molecule has 0 aliphatic rings. The maximum atomic E-state index is 9.06. The molecule has 3 nitrogen and oxygen atoms in total. The van der Waals surface area contributed by atoms with Crippen molar-refractivity contribution in [1.29, 1.82) is 5.26 Å². The smallest absolute Gasteiger partial charge is 0.125 e. The number of hydrogen-bond acceptors (Lipinski definition) is 3. The van der Waals surface area contributed by atoms with Gasteiger partial charge in [0, 0.05) is 22.7 Å². The molecule has 0 unspecified atom stereocenters. The van der Waals surface area contributed by atoms with Crippen LogP contribution in [-0.4, -0.2) is 7.05 Å². The van der Waals surface area contributed by atoms with Crippen LogP contribution in [0.15, 0.2) is 42.5 Å². The van der Waals surface area contributed by atoms with E-state index in [4.69, 9.17) is 21.6 Å². The number of rotatable bonds is 5. The summed E-state index contributed by atoms with van der Waals surface area (Å²) >= 11 is 6.18. The lowest BCUT2D eigenvalue weighted by Crippen LogP contribution is -2.08. The van der Waals surface area contributed by atoms with Crippen LogP contribution in [0.4, 0.5) is 0 Å². The van der Waals surface area contributed by atoms with Crippen molar-refractivity contribution in [3.05, 3.63) is 64.2 Å². The summed E-state index contributed by atoms with van der Waals surface area (Å²) in [5.74, 6) is 0.736. The molecule has 0 spiro atoms. The highest BCUT2D eigenvalue weighted by Gasteiger charge is 2.08. The van der Waals surface area contributed by atoms with E-state index in [0.717, 1.165) is 16.9 Å². The van der Waals surface area contributed by atoms with Crippen molar-refractivity contribution >= 4 is 11.6 Å². The molecule has 0 aromatic heterocycles. The molecule has 20 heavy (non-hydrogen) atoms. The minimum atomic E-state index is 0.348. The minimum Gasteiger partial charge on any atom is -0.488 e. The van der Waals surface area contributed by atoms with Gasteiger partial charge in [-0.15, -0.1) is 0 Å². The van der Waals surface area contributed by atoms with Crippen LogP contribution < -0.4 is 10.1 Å². The Kier molecular flexibility index (Phi) is 5.00. The van der Waals surface area contributed by atoms with Gasteiger partial charge in [-0.3, -0.25) is 0 Å². The second kappa shape index (κ2) is 6.95. The fourth-order valence-electron chi connectivity index (χ4n) is 1.93. The van der Waals surface area contributed by atoms with E-state index >= 15 is 0 Å². The monoisotopic (exact) mass is 286 g/mol. The van der Waals surface area contributed by atoms with Crippen LogP contribution in [0.3, 0.4) is 0 Å². The van der Waals surface area contributed by atoms with Gasteiger partial charge < -0.3 is 10.1 Å². The minimum absolute atomic E-state index is 0.348. The molecular weight excluding hydrogens is 272 g/mol. The van der Waals surface area contributed by atoms with Gasteiger partial charge in [-0.1, -0.05) is 35.9 Å². The van der Waals surface area contributed by atoms with Gasteiger partial charge in [0.2, 0.25) is 0 Å². The molecule has 0 aliphatic heterocycles. The summed E-state index contributed by atoms with van der Waals surface area (Å²) in [6.07, 6.45) is 0. The number of ether oxygens (including phenoxy) is 1. The van der Waals surface area contributed by atoms with Crippen LogP contribution in [0.5, 0.6) is 5.75 Å². The van der Waals surface area contributed by atoms with E-state index in [1.807, 2.05) is 43.4 Å². The molecule has 4 heteroatoms. The first kappa shape index (κ1) is 14.4. The van der Waals surface area contributed by atoms with Crippen molar-refractivity contribution < 1.29 is 4.74 Å². The highest BCUT2D eigenvalue weighted by atomic mass is 35.5. The Bertz CT molecular complexity index is 635. The van der Waals surface area contributed by atoms with Gasteiger partial charge >= 0.3 is 0 Å². The molecule has 102 valence electrons. The molecule has 2 aromatic rings. The molecule has 0 saturated carbocycles. The second-order valence-electron chi connectivity index (χ2n) is 4.30. The molecule has 0 heterocycles. The standard InChI is InChI=1S/C16H15ClN2O/c1-19-10-14-15(17)7-4-8-16(14)20-11-13-6-3-2-5-12(13)9-18/h2-8,19H,10-11H2,1H3. The Labute approximate surface area is 123 Å². The van der Waals surface area contributed by atoms with Crippen LogP contribution in [-0.2, 0) is 13.2 Å². The molecule has 0 atom stereocenters. The zero-order valence-electron chi connectivity index (χ0n) is 11.2. The lowest BCUT2D eigenvalue weighted by Gasteiger charge is -2.13. The summed E-state index contributed by atoms with van der Waals surface area (Å²) in [6, 6.07) is 15.1. The van der Waals surface area contributed by atoms with Crippen LogP contribution in [0, 0.1) is 11.3 Å². The summed E-state index contributed by atoms with van der Waals surface area (Å²) in [7, 11) is 1.86. The fourth-order valence-corrected chi connectivity index (χ4v) is 2.17. The van der Waals surface area contributed by atoms with Gasteiger partial charge in [0.15, 0.2) is 0 Å². The van der Waals surface area contributed by atoms with Crippen molar-refractivity contribution in [3.63, 3.8) is 0 Å². The highest BCUT2D eigenvalue weighted by molar-refractivity contribution is 6.31. The molecule has 0 radical (unpaired) electrons. The van der Waals surface area contributed by atoms with Crippen molar-refractivity contribution in [1.82, 2.24) is 5.32 Å². The summed E-state index contributed by atoms with van der Waals surface area (Å²) < 4.78 is 5.82. The average molecular weight is 287 g/mol. The van der Waals surface area contributed by atoms with E-state index in [-0.39, 0.29) is 0 Å². The Morgan fingerprint density at radius 3 is 2.75 bits per heavy atom. The largest absolute Gasteiger partial charge is 0.488 e. The second-order valence-corrected chi connectivity index (χ2v) is 4.71. The van der Waals surface area contributed by atoms with Gasteiger partial charge in [-0.25, -0.2) is 0 Å². The fraction of sp³-hybridized carbons (Fsp3) is 0.188. The first-order valence-corrected chi connectivity index (χ1v) is 6.67. The molecule has 2 aromatic carbocycles. The van der Waals surface area contributed by atoms with Gasteiger partial charge in [-0.05, 0) is 25.2 Å². The highest BCUT2D eigenvalue weighted by Crippen LogP contribution is 2.27. The van der Waals surface area contributed by atoms with Gasteiger partial charge in [0.25, 0.3) is 0 Å². The maximum absolute atomic E-state index is 9.06. The molecule has 0 saturated heterocycles. The molecule has 0 bridgehead atoms. The van der Waals surface area contributed by atoms with E-state index in [0.29, 0.717) is 23.7 Å². The van der Waals surface area contributed by atoms with Crippen LogP contribution in [0.1, 0.15) is 16.7 Å². The third-order valence-electron chi connectivity index (χ3n) is 2.95. The van der Waals surface area contributed by atoms with Gasteiger partial charge in [0.1, 0.15) is 12.4 Å². The summed E-state index contributed by atoms with van der Waals surface area (Å²) in [6.45, 7) is 0.982. The number of nitriles is 1. The molecule has 0 aliphatic carbocycles. The lowest BCUT2D eigenvalue weighted by molar-refractivity contribution is 0.302. The van der Waals surface area contributed by atoms with Crippen molar-refractivity contribution in [2.45, 2.75) is 13.2 Å². The van der Waals surface area contributed by atoms with E-state index in [9.17, 15) is 0 Å². The number of benzene rings is 2. The van der Waals surface area contributed by atoms with Crippen molar-refractivity contribution in [3.8, 4) is 11.8 Å². The number of nitrogens with zero attached hydrogens (tertiary/aromatic N) is 1. The first-order chi connectivity index (χ1) is 9.76. The third kappa shape index (κ3) is 3.30. The zero-order valence-corrected chi connectivity index (χ0v) is 11.9. The van der Waals surface area contributed by atoms with Gasteiger partial charge in [0.05, 0.1) is 11.6 Å². The summed E-state index contributed by atoms with van der Waals surface area (Å²) in [5, 5.41) is 12.8. The predicted octanol–water partition coefficient (Wildman–Crippen LogP) is 3.51. The quantitative estimate of drug-likeness (QED) is 0.915. The van der Waals surface area contributed by atoms with Crippen LogP contribution in [0.2, 0.25) is 5.02 Å². The van der Waals surface area contributed by atoms with Crippen LogP contribution >= 0.6 is 11.6 Å². The molecule has 0 fully saturated rings. The van der Waals surface area contributed by atoms with E-state index < -0.39 is 0 Å². The summed E-state index contributed by atoms with van der Waals surface area (Å²) in [4.78, 5) is 0. The average Bonchev–Trinajstić information content (AvgIpc) is 2.48. The molecule has 2 rings (SSSR count). The van der Waals surface area contributed by atoms with Crippen molar-refractivity contribution in [2.24, 2.45) is 0 Å². The van der Waals surface area contributed by atoms with Crippen LogP contribution in [0.25, 0.3) is 0 Å². The Morgan fingerprint density at radius 1 is 1.20 bits per heavy atom. The van der Waals surface area contributed by atoms with Gasteiger partial charge in [-0.2, -0.15) is 5.26 Å². The molecule has 1 N–H and O–H groups in total. The third-order valence-corrected chi connectivity index (χ3v) is 3.30. The summed E-state index contributed by atoms with van der Waals surface area (Å²) in [5.41, 5.74) is 2.42. The predicted molar refractivity (Wildman–Crippen MR) is 79.7 cm³/mol. The normalized spacial score (nSPS) is 10.1. The molecular formula is C16H15ClN2O. The Balaban J connectivity index is 2.19. The zero-order chi connectivity index (χ0) is 14.4. The Morgan fingerprint density at radius 2 is 2.00 bits per heavy atom. The lowest BCUT2D eigenvalue weighted by atomic mass is 10.1. The number of halogens is 1. The first-order valence-electron chi connectivity index (χ1n) is 6.29. The topological polar surface area (TPSA) is 45.0 Å². The Hall–Kier alpha value is -2.02. The van der Waals surface area contributed by atoms with E-state index in [2.05, 4.69) is 11.4 Å².